The van der Waals surface area contributed by atoms with Gasteiger partial charge >= 0.3 is 0 Å². The van der Waals surface area contributed by atoms with Crippen molar-refractivity contribution in [3.8, 4) is 0 Å². The fraction of sp³-hybridized carbons (Fsp3) is 0.286. The van der Waals surface area contributed by atoms with E-state index in [0.717, 1.165) is 29.9 Å². The molecule has 3 N–H and O–H groups in total. The van der Waals surface area contributed by atoms with Gasteiger partial charge in [-0.05, 0) is 25.6 Å². The molecule has 4 nitrogen and oxygen atoms in total. The quantitative estimate of drug-likeness (QED) is 0.650. The van der Waals surface area contributed by atoms with Crippen LogP contribution < -0.4 is 5.73 Å². The standard InChI is InChI=1S/C14H18N4S/c1-10-13(19-9-17-10)8-18(2)7-11-4-3-5-12(6-11)14(15)16/h3-6,9H,7-8H2,1-2H3,(H3,15,16). The molecule has 1 aromatic heterocycles. The first-order chi connectivity index (χ1) is 9.06. The van der Waals surface area contributed by atoms with Crippen LogP contribution in [0.2, 0.25) is 0 Å². The maximum absolute atomic E-state index is 7.46. The van der Waals surface area contributed by atoms with E-state index in [1.807, 2.05) is 30.6 Å². The third kappa shape index (κ3) is 3.62. The van der Waals surface area contributed by atoms with Gasteiger partial charge in [-0.2, -0.15) is 0 Å². The molecule has 0 fully saturated rings. The van der Waals surface area contributed by atoms with Crippen molar-refractivity contribution in [1.29, 1.82) is 5.41 Å². The molecule has 0 aliphatic heterocycles. The van der Waals surface area contributed by atoms with Crippen LogP contribution in [-0.2, 0) is 13.1 Å². The van der Waals surface area contributed by atoms with Crippen LogP contribution in [0, 0.1) is 12.3 Å². The topological polar surface area (TPSA) is 66.0 Å². The van der Waals surface area contributed by atoms with Gasteiger partial charge in [-0.3, -0.25) is 10.3 Å². The zero-order valence-corrected chi connectivity index (χ0v) is 12.0. The van der Waals surface area contributed by atoms with E-state index in [0.29, 0.717) is 0 Å². The summed E-state index contributed by atoms with van der Waals surface area (Å²) >= 11 is 1.69. The molecule has 0 unspecified atom stereocenters. The van der Waals surface area contributed by atoms with Gasteiger partial charge in [0.1, 0.15) is 5.84 Å². The van der Waals surface area contributed by atoms with E-state index in [-0.39, 0.29) is 5.84 Å². The molecule has 0 saturated carbocycles. The van der Waals surface area contributed by atoms with Crippen molar-refractivity contribution in [2.45, 2.75) is 20.0 Å². The molecule has 0 radical (unpaired) electrons. The number of nitrogen functional groups attached to an aromatic ring is 1. The van der Waals surface area contributed by atoms with Crippen molar-refractivity contribution in [3.63, 3.8) is 0 Å². The predicted octanol–water partition coefficient (Wildman–Crippen LogP) is 2.37. The third-order valence-electron chi connectivity index (χ3n) is 2.95. The first kappa shape index (κ1) is 13.7. The summed E-state index contributed by atoms with van der Waals surface area (Å²) in [5.41, 5.74) is 10.4. The Morgan fingerprint density at radius 2 is 2.21 bits per heavy atom. The Bertz CT molecular complexity index is 576. The molecule has 100 valence electrons. The number of benzene rings is 1. The molecule has 19 heavy (non-hydrogen) atoms. The lowest BCUT2D eigenvalue weighted by Crippen LogP contribution is -2.18. The monoisotopic (exact) mass is 274 g/mol. The molecule has 0 aliphatic carbocycles. The second-order valence-corrected chi connectivity index (χ2v) is 5.59. The third-order valence-corrected chi connectivity index (χ3v) is 3.87. The number of aryl methyl sites for hydroxylation is 1. The van der Waals surface area contributed by atoms with Gasteiger partial charge in [0, 0.05) is 23.5 Å². The first-order valence-electron chi connectivity index (χ1n) is 6.07. The molecular weight excluding hydrogens is 256 g/mol. The van der Waals surface area contributed by atoms with Gasteiger partial charge in [-0.25, -0.2) is 4.98 Å². The van der Waals surface area contributed by atoms with Crippen molar-refractivity contribution >= 4 is 17.2 Å². The van der Waals surface area contributed by atoms with E-state index < -0.39 is 0 Å². The summed E-state index contributed by atoms with van der Waals surface area (Å²) in [5.74, 6) is 0.114. The Hall–Kier alpha value is -1.72. The highest BCUT2D eigenvalue weighted by Crippen LogP contribution is 2.16. The summed E-state index contributed by atoms with van der Waals surface area (Å²) < 4.78 is 0. The van der Waals surface area contributed by atoms with Crippen LogP contribution >= 0.6 is 11.3 Å². The maximum Gasteiger partial charge on any atom is 0.122 e. The molecular formula is C14H18N4S. The summed E-state index contributed by atoms with van der Waals surface area (Å²) in [6, 6.07) is 7.83. The van der Waals surface area contributed by atoms with Crippen molar-refractivity contribution in [2.75, 3.05) is 7.05 Å². The minimum absolute atomic E-state index is 0.114. The molecule has 0 atom stereocenters. The summed E-state index contributed by atoms with van der Waals surface area (Å²) in [6.45, 7) is 3.76. The Morgan fingerprint density at radius 3 is 2.84 bits per heavy atom. The minimum atomic E-state index is 0.114. The molecule has 0 bridgehead atoms. The second kappa shape index (κ2) is 5.95. The van der Waals surface area contributed by atoms with Gasteiger partial charge in [0.05, 0.1) is 11.2 Å². The zero-order valence-electron chi connectivity index (χ0n) is 11.2. The van der Waals surface area contributed by atoms with Crippen molar-refractivity contribution in [1.82, 2.24) is 9.88 Å². The van der Waals surface area contributed by atoms with Crippen molar-refractivity contribution in [3.05, 3.63) is 51.5 Å². The first-order valence-corrected chi connectivity index (χ1v) is 6.95. The molecule has 0 saturated heterocycles. The maximum atomic E-state index is 7.46. The van der Waals surface area contributed by atoms with Gasteiger partial charge in [0.25, 0.3) is 0 Å². The normalized spacial score (nSPS) is 10.9. The highest BCUT2D eigenvalue weighted by molar-refractivity contribution is 7.09. The number of nitrogens with two attached hydrogens (primary N) is 1. The van der Waals surface area contributed by atoms with Crippen LogP contribution in [0.3, 0.4) is 0 Å². The molecule has 2 aromatic rings. The van der Waals surface area contributed by atoms with Gasteiger partial charge in [0.2, 0.25) is 0 Å². The van der Waals surface area contributed by atoms with Crippen LogP contribution in [0.25, 0.3) is 0 Å². The number of hydrogen-bond donors (Lipinski definition) is 2. The lowest BCUT2D eigenvalue weighted by atomic mass is 10.1. The molecule has 1 aromatic carbocycles. The lowest BCUT2D eigenvalue weighted by molar-refractivity contribution is 0.321. The summed E-state index contributed by atoms with van der Waals surface area (Å²) in [5, 5.41) is 7.46. The fourth-order valence-corrected chi connectivity index (χ4v) is 2.78. The zero-order chi connectivity index (χ0) is 13.8. The fourth-order valence-electron chi connectivity index (χ4n) is 1.93. The number of amidine groups is 1. The van der Waals surface area contributed by atoms with Gasteiger partial charge < -0.3 is 5.73 Å². The number of nitrogens with one attached hydrogen (secondary N) is 1. The van der Waals surface area contributed by atoms with E-state index in [1.165, 1.54) is 4.88 Å². The number of thiazole rings is 1. The Morgan fingerprint density at radius 1 is 1.42 bits per heavy atom. The SMILES string of the molecule is Cc1ncsc1CN(C)Cc1cccc(C(=N)N)c1. The van der Waals surface area contributed by atoms with Gasteiger partial charge in [0.15, 0.2) is 0 Å². The second-order valence-electron chi connectivity index (χ2n) is 4.65. The van der Waals surface area contributed by atoms with E-state index >= 15 is 0 Å². The van der Waals surface area contributed by atoms with Crippen molar-refractivity contribution in [2.24, 2.45) is 5.73 Å². The minimum Gasteiger partial charge on any atom is -0.384 e. The number of rotatable bonds is 5. The molecule has 2 rings (SSSR count). The van der Waals surface area contributed by atoms with Crippen LogP contribution in [-0.4, -0.2) is 22.8 Å². The van der Waals surface area contributed by atoms with Crippen LogP contribution in [0.5, 0.6) is 0 Å². The molecule has 5 heteroatoms. The van der Waals surface area contributed by atoms with E-state index in [2.05, 4.69) is 23.0 Å². The average molecular weight is 274 g/mol. The summed E-state index contributed by atoms with van der Waals surface area (Å²) in [7, 11) is 2.08. The number of aromatic nitrogens is 1. The van der Waals surface area contributed by atoms with Gasteiger partial charge in [-0.15, -0.1) is 11.3 Å². The molecule has 0 amide bonds. The van der Waals surface area contributed by atoms with E-state index in [4.69, 9.17) is 11.1 Å². The highest BCUT2D eigenvalue weighted by atomic mass is 32.1. The van der Waals surface area contributed by atoms with Crippen LogP contribution in [0.4, 0.5) is 0 Å². The largest absolute Gasteiger partial charge is 0.384 e. The summed E-state index contributed by atoms with van der Waals surface area (Å²) in [6.07, 6.45) is 0. The van der Waals surface area contributed by atoms with E-state index in [9.17, 15) is 0 Å². The summed E-state index contributed by atoms with van der Waals surface area (Å²) in [4.78, 5) is 7.79. The molecule has 0 aliphatic rings. The van der Waals surface area contributed by atoms with Crippen LogP contribution in [0.15, 0.2) is 29.8 Å². The smallest absolute Gasteiger partial charge is 0.122 e. The van der Waals surface area contributed by atoms with Crippen LogP contribution in [0.1, 0.15) is 21.7 Å². The van der Waals surface area contributed by atoms with E-state index in [1.54, 1.807) is 11.3 Å². The lowest BCUT2D eigenvalue weighted by Gasteiger charge is -2.16. The van der Waals surface area contributed by atoms with Gasteiger partial charge in [-0.1, -0.05) is 18.2 Å². The molecule has 1 heterocycles. The Labute approximate surface area is 117 Å². The number of nitrogens with zero attached hydrogens (tertiary/aromatic N) is 2. The Kier molecular flexibility index (Phi) is 4.29. The highest BCUT2D eigenvalue weighted by Gasteiger charge is 2.07. The average Bonchev–Trinajstić information content (AvgIpc) is 2.75. The predicted molar refractivity (Wildman–Crippen MR) is 79.5 cm³/mol. The molecule has 0 spiro atoms. The number of hydrogen-bond acceptors (Lipinski definition) is 4. The Balaban J connectivity index is 2.02. The van der Waals surface area contributed by atoms with Crippen molar-refractivity contribution < 1.29 is 0 Å².